The highest BCUT2D eigenvalue weighted by atomic mass is 32.1. The van der Waals surface area contributed by atoms with Crippen molar-refractivity contribution in [2.45, 2.75) is 58.0 Å². The van der Waals surface area contributed by atoms with E-state index in [1.165, 1.54) is 22.6 Å². The predicted molar refractivity (Wildman–Crippen MR) is 79.5 cm³/mol. The van der Waals surface area contributed by atoms with Crippen molar-refractivity contribution < 1.29 is 4.74 Å². The number of rotatable bonds is 5. The molecule has 0 amide bonds. The summed E-state index contributed by atoms with van der Waals surface area (Å²) in [6.07, 6.45) is 3.45. The molecule has 3 rings (SSSR count). The minimum atomic E-state index is 0.361. The van der Waals surface area contributed by atoms with Gasteiger partial charge in [0.1, 0.15) is 0 Å². The van der Waals surface area contributed by atoms with Crippen molar-refractivity contribution in [3.63, 3.8) is 0 Å². The van der Waals surface area contributed by atoms with Crippen molar-refractivity contribution in [1.82, 2.24) is 10.2 Å². The number of nitrogens with one attached hydrogen (secondary N) is 1. The van der Waals surface area contributed by atoms with Crippen molar-refractivity contribution in [1.29, 1.82) is 0 Å². The van der Waals surface area contributed by atoms with Crippen LogP contribution in [0, 0.1) is 0 Å². The lowest BCUT2D eigenvalue weighted by molar-refractivity contribution is -0.0702. The molecule has 0 spiro atoms. The van der Waals surface area contributed by atoms with Crippen molar-refractivity contribution in [2.75, 3.05) is 13.1 Å². The Balaban J connectivity index is 1.51. The van der Waals surface area contributed by atoms with Crippen molar-refractivity contribution >= 4 is 11.3 Å². The first-order chi connectivity index (χ1) is 9.19. The van der Waals surface area contributed by atoms with E-state index in [4.69, 9.17) is 4.74 Å². The highest BCUT2D eigenvalue weighted by molar-refractivity contribution is 7.11. The van der Waals surface area contributed by atoms with E-state index in [0.717, 1.165) is 32.2 Å². The maximum Gasteiger partial charge on any atom is 0.0678 e. The van der Waals surface area contributed by atoms with Crippen LogP contribution in [-0.4, -0.2) is 36.2 Å². The zero-order valence-electron chi connectivity index (χ0n) is 11.9. The Morgan fingerprint density at radius 2 is 1.89 bits per heavy atom. The van der Waals surface area contributed by atoms with Crippen molar-refractivity contribution in [3.8, 4) is 0 Å². The third-order valence-corrected chi connectivity index (χ3v) is 4.80. The predicted octanol–water partition coefficient (Wildman–Crippen LogP) is 2.61. The Morgan fingerprint density at radius 1 is 1.21 bits per heavy atom. The molecular weight excluding hydrogens is 256 g/mol. The van der Waals surface area contributed by atoms with Crippen LogP contribution in [0.3, 0.4) is 0 Å². The Hall–Kier alpha value is -0.420. The molecule has 3 nitrogen and oxygen atoms in total. The molecule has 1 aromatic heterocycles. The fourth-order valence-electron chi connectivity index (χ4n) is 2.77. The van der Waals surface area contributed by atoms with Crippen LogP contribution in [-0.2, 0) is 17.8 Å². The molecule has 1 aliphatic heterocycles. The highest BCUT2D eigenvalue weighted by Gasteiger charge is 2.23. The third kappa shape index (κ3) is 4.02. The summed E-state index contributed by atoms with van der Waals surface area (Å²) in [7, 11) is 0. The maximum absolute atomic E-state index is 5.78. The van der Waals surface area contributed by atoms with Crippen LogP contribution in [0.25, 0.3) is 0 Å². The zero-order chi connectivity index (χ0) is 13.2. The molecule has 1 aromatic rings. The number of hydrogen-bond donors (Lipinski definition) is 1. The normalized spacial score (nSPS) is 28.7. The molecule has 2 heterocycles. The molecule has 2 aliphatic rings. The molecule has 2 atom stereocenters. The van der Waals surface area contributed by atoms with Gasteiger partial charge in [-0.1, -0.05) is 0 Å². The van der Waals surface area contributed by atoms with Gasteiger partial charge in [-0.3, -0.25) is 4.90 Å². The second-order valence-corrected chi connectivity index (χ2v) is 7.23. The van der Waals surface area contributed by atoms with E-state index in [1.54, 1.807) is 0 Å². The molecule has 1 saturated carbocycles. The lowest BCUT2D eigenvalue weighted by atomic mass is 10.2. The topological polar surface area (TPSA) is 24.5 Å². The summed E-state index contributed by atoms with van der Waals surface area (Å²) in [4.78, 5) is 5.47. The number of nitrogens with zero attached hydrogens (tertiary/aromatic N) is 1. The van der Waals surface area contributed by atoms with Gasteiger partial charge in [0.2, 0.25) is 0 Å². The number of morpholine rings is 1. The quantitative estimate of drug-likeness (QED) is 0.897. The number of ether oxygens (including phenoxy) is 1. The molecule has 4 heteroatoms. The Kier molecular flexibility index (Phi) is 4.22. The summed E-state index contributed by atoms with van der Waals surface area (Å²) in [5, 5.41) is 3.58. The van der Waals surface area contributed by atoms with Gasteiger partial charge in [0, 0.05) is 42.0 Å². The van der Waals surface area contributed by atoms with Crippen molar-refractivity contribution in [3.05, 3.63) is 21.9 Å². The van der Waals surface area contributed by atoms with E-state index in [9.17, 15) is 0 Å². The van der Waals surface area contributed by atoms with Crippen LogP contribution >= 0.6 is 11.3 Å². The zero-order valence-corrected chi connectivity index (χ0v) is 12.7. The van der Waals surface area contributed by atoms with E-state index >= 15 is 0 Å². The maximum atomic E-state index is 5.78. The molecule has 0 unspecified atom stereocenters. The summed E-state index contributed by atoms with van der Waals surface area (Å²) in [5.74, 6) is 0. The smallest absolute Gasteiger partial charge is 0.0678 e. The second kappa shape index (κ2) is 5.92. The monoisotopic (exact) mass is 280 g/mol. The SMILES string of the molecule is C[C@@H]1CN(Cc2ccc(CNC3CC3)s2)C[C@H](C)O1. The van der Waals surface area contributed by atoms with Crippen LogP contribution in [0.5, 0.6) is 0 Å². The lowest BCUT2D eigenvalue weighted by Crippen LogP contribution is -2.44. The van der Waals surface area contributed by atoms with Gasteiger partial charge in [0.05, 0.1) is 12.2 Å². The van der Waals surface area contributed by atoms with E-state index < -0.39 is 0 Å². The van der Waals surface area contributed by atoms with Crippen molar-refractivity contribution in [2.24, 2.45) is 0 Å². The average Bonchev–Trinajstić information content (AvgIpc) is 3.06. The Bertz CT molecular complexity index is 406. The van der Waals surface area contributed by atoms with Gasteiger partial charge in [-0.05, 0) is 38.8 Å². The highest BCUT2D eigenvalue weighted by Crippen LogP contribution is 2.23. The largest absolute Gasteiger partial charge is 0.373 e. The van der Waals surface area contributed by atoms with Gasteiger partial charge in [-0.2, -0.15) is 0 Å². The van der Waals surface area contributed by atoms with Gasteiger partial charge < -0.3 is 10.1 Å². The van der Waals surface area contributed by atoms with Crippen LogP contribution in [0.2, 0.25) is 0 Å². The minimum Gasteiger partial charge on any atom is -0.373 e. The fourth-order valence-corrected chi connectivity index (χ4v) is 3.78. The molecular formula is C15H24N2OS. The number of hydrogen-bond acceptors (Lipinski definition) is 4. The van der Waals surface area contributed by atoms with E-state index in [-0.39, 0.29) is 0 Å². The van der Waals surface area contributed by atoms with Crippen LogP contribution in [0.15, 0.2) is 12.1 Å². The standard InChI is InChI=1S/C15H24N2OS/c1-11-8-17(9-12(2)18-11)10-15-6-5-14(19-15)7-16-13-3-4-13/h5-6,11-13,16H,3-4,7-10H2,1-2H3/t11-,12+. The second-order valence-electron chi connectivity index (χ2n) is 5.97. The van der Waals surface area contributed by atoms with Gasteiger partial charge in [-0.15, -0.1) is 11.3 Å². The lowest BCUT2D eigenvalue weighted by Gasteiger charge is -2.34. The first-order valence-electron chi connectivity index (χ1n) is 7.38. The molecule has 0 radical (unpaired) electrons. The molecule has 0 bridgehead atoms. The molecule has 106 valence electrons. The molecule has 2 fully saturated rings. The van der Waals surface area contributed by atoms with E-state index in [1.807, 2.05) is 11.3 Å². The van der Waals surface area contributed by atoms with Crippen LogP contribution in [0.4, 0.5) is 0 Å². The fraction of sp³-hybridized carbons (Fsp3) is 0.733. The first kappa shape index (κ1) is 13.6. The Morgan fingerprint density at radius 3 is 2.58 bits per heavy atom. The summed E-state index contributed by atoms with van der Waals surface area (Å²) in [5.41, 5.74) is 0. The van der Waals surface area contributed by atoms with E-state index in [0.29, 0.717) is 12.2 Å². The summed E-state index contributed by atoms with van der Waals surface area (Å²) < 4.78 is 5.78. The average molecular weight is 280 g/mol. The molecule has 1 aliphatic carbocycles. The van der Waals surface area contributed by atoms with Crippen LogP contribution < -0.4 is 5.32 Å². The van der Waals surface area contributed by atoms with Gasteiger partial charge in [-0.25, -0.2) is 0 Å². The van der Waals surface area contributed by atoms with E-state index in [2.05, 4.69) is 36.2 Å². The molecule has 1 saturated heterocycles. The summed E-state index contributed by atoms with van der Waals surface area (Å²) in [6, 6.07) is 5.37. The van der Waals surface area contributed by atoms with Crippen LogP contribution in [0.1, 0.15) is 36.4 Å². The summed E-state index contributed by atoms with van der Waals surface area (Å²) >= 11 is 1.95. The first-order valence-corrected chi connectivity index (χ1v) is 8.19. The molecule has 0 aromatic carbocycles. The van der Waals surface area contributed by atoms with Gasteiger partial charge >= 0.3 is 0 Å². The Labute approximate surface area is 119 Å². The summed E-state index contributed by atoms with van der Waals surface area (Å²) in [6.45, 7) is 8.57. The number of thiophene rings is 1. The van der Waals surface area contributed by atoms with Gasteiger partial charge in [0.15, 0.2) is 0 Å². The van der Waals surface area contributed by atoms with Gasteiger partial charge in [0.25, 0.3) is 0 Å². The molecule has 19 heavy (non-hydrogen) atoms. The minimum absolute atomic E-state index is 0.361. The third-order valence-electron chi connectivity index (χ3n) is 3.73. The molecule has 1 N–H and O–H groups in total.